The van der Waals surface area contributed by atoms with Gasteiger partial charge in [0.2, 0.25) is 6.08 Å². The van der Waals surface area contributed by atoms with Crippen LogP contribution in [0.5, 0.6) is 0 Å². The molecule has 1 heterocycles. The number of hydrogen-bond acceptors (Lipinski definition) is 2. The lowest BCUT2D eigenvalue weighted by atomic mass is 9.98. The Hall–Kier alpha value is -1.34. The fourth-order valence-corrected chi connectivity index (χ4v) is 2.42. The summed E-state index contributed by atoms with van der Waals surface area (Å²) in [6, 6.07) is 2.40. The number of hydrogen-bond donors (Lipinski definition) is 0. The zero-order valence-corrected chi connectivity index (χ0v) is 9.29. The lowest BCUT2D eigenvalue weighted by molar-refractivity contribution is 0.547. The maximum absolute atomic E-state index is 10.4. The molecule has 1 aromatic rings. The third kappa shape index (κ3) is 1.75. The number of carbonyl (C=O) groups excluding carboxylic acids is 1. The van der Waals surface area contributed by atoms with Crippen molar-refractivity contribution in [1.82, 2.24) is 4.57 Å². The monoisotopic (exact) mass is 204 g/mol. The van der Waals surface area contributed by atoms with Crippen LogP contribution < -0.4 is 0 Å². The maximum Gasteiger partial charge on any atom is 0.242 e. The summed E-state index contributed by atoms with van der Waals surface area (Å²) in [5, 5.41) is 0. The van der Waals surface area contributed by atoms with Crippen LogP contribution in [-0.2, 0) is 17.6 Å². The minimum atomic E-state index is 0.360. The lowest BCUT2D eigenvalue weighted by Crippen LogP contribution is -2.09. The van der Waals surface area contributed by atoms with Crippen LogP contribution in [0.4, 0.5) is 5.82 Å². The van der Waals surface area contributed by atoms with Crippen LogP contribution >= 0.6 is 0 Å². The molecule has 3 nitrogen and oxygen atoms in total. The van der Waals surface area contributed by atoms with Gasteiger partial charge in [0.1, 0.15) is 5.82 Å². The zero-order valence-electron chi connectivity index (χ0n) is 9.29. The third-order valence-corrected chi connectivity index (χ3v) is 3.00. The molecule has 0 N–H and O–H groups in total. The lowest BCUT2D eigenvalue weighted by Gasteiger charge is -2.18. The zero-order chi connectivity index (χ0) is 10.8. The van der Waals surface area contributed by atoms with Gasteiger partial charge >= 0.3 is 0 Å². The quantitative estimate of drug-likeness (QED) is 0.538. The molecular formula is C12H16N2O. The predicted molar refractivity (Wildman–Crippen MR) is 59.2 cm³/mol. The molecule has 0 amide bonds. The van der Waals surface area contributed by atoms with Gasteiger partial charge in [-0.2, -0.15) is 0 Å². The molecule has 1 aliphatic carbocycles. The second kappa shape index (κ2) is 4.03. The van der Waals surface area contributed by atoms with Gasteiger partial charge in [-0.3, -0.25) is 0 Å². The molecule has 0 radical (unpaired) electrons. The Morgan fingerprint density at radius 2 is 2.13 bits per heavy atom. The number of rotatable bonds is 2. The summed E-state index contributed by atoms with van der Waals surface area (Å²) in [5.41, 5.74) is 2.73. The molecule has 15 heavy (non-hydrogen) atoms. The first-order valence-electron chi connectivity index (χ1n) is 5.55. The van der Waals surface area contributed by atoms with E-state index in [9.17, 15) is 4.79 Å². The van der Waals surface area contributed by atoms with Gasteiger partial charge in [-0.15, -0.1) is 4.99 Å². The fraction of sp³-hybridized carbons (Fsp3) is 0.583. The standard InChI is InChI=1S/C12H16N2O/c1-9(2)14-11-6-4-3-5-10(11)7-12(14)13-8-15/h7,9H,3-6H2,1-2H3. The van der Waals surface area contributed by atoms with E-state index in [2.05, 4.69) is 23.4 Å². The molecule has 0 bridgehead atoms. The van der Waals surface area contributed by atoms with Crippen LogP contribution in [-0.4, -0.2) is 10.6 Å². The van der Waals surface area contributed by atoms with E-state index < -0.39 is 0 Å². The average Bonchev–Trinajstić information content (AvgIpc) is 2.56. The van der Waals surface area contributed by atoms with Gasteiger partial charge in [-0.1, -0.05) is 0 Å². The molecule has 0 unspecified atom stereocenters. The van der Waals surface area contributed by atoms with Gasteiger partial charge in [-0.25, -0.2) is 4.79 Å². The van der Waals surface area contributed by atoms with Crippen molar-refractivity contribution in [1.29, 1.82) is 0 Å². The number of aryl methyl sites for hydroxylation is 1. The van der Waals surface area contributed by atoms with E-state index >= 15 is 0 Å². The Morgan fingerprint density at radius 1 is 1.40 bits per heavy atom. The highest BCUT2D eigenvalue weighted by Gasteiger charge is 2.19. The van der Waals surface area contributed by atoms with E-state index in [-0.39, 0.29) is 0 Å². The highest BCUT2D eigenvalue weighted by atomic mass is 16.1. The average molecular weight is 204 g/mol. The molecule has 0 saturated carbocycles. The van der Waals surface area contributed by atoms with E-state index in [4.69, 9.17) is 0 Å². The van der Waals surface area contributed by atoms with Crippen molar-refractivity contribution in [2.75, 3.05) is 0 Å². The Bertz CT molecular complexity index is 412. The largest absolute Gasteiger partial charge is 0.327 e. The van der Waals surface area contributed by atoms with Crippen molar-refractivity contribution in [3.8, 4) is 0 Å². The maximum atomic E-state index is 10.4. The minimum Gasteiger partial charge on any atom is -0.327 e. The molecular weight excluding hydrogens is 188 g/mol. The number of fused-ring (bicyclic) bond motifs is 1. The molecule has 0 fully saturated rings. The van der Waals surface area contributed by atoms with E-state index in [1.165, 1.54) is 24.1 Å². The van der Waals surface area contributed by atoms with Gasteiger partial charge in [-0.05, 0) is 51.2 Å². The molecule has 0 atom stereocenters. The molecule has 0 aliphatic heterocycles. The Labute approximate surface area is 89.8 Å². The molecule has 0 saturated heterocycles. The molecule has 2 rings (SSSR count). The minimum absolute atomic E-state index is 0.360. The summed E-state index contributed by atoms with van der Waals surface area (Å²) in [7, 11) is 0. The SMILES string of the molecule is CC(C)n1c(N=C=O)cc2c1CCCC2. The first kappa shape index (κ1) is 10.2. The summed E-state index contributed by atoms with van der Waals surface area (Å²) >= 11 is 0. The van der Waals surface area contributed by atoms with Crippen molar-refractivity contribution in [3.05, 3.63) is 17.3 Å². The number of aromatic nitrogens is 1. The normalized spacial score (nSPS) is 14.9. The van der Waals surface area contributed by atoms with E-state index in [0.29, 0.717) is 6.04 Å². The number of aliphatic imine (C=N–C) groups is 1. The first-order valence-corrected chi connectivity index (χ1v) is 5.55. The van der Waals surface area contributed by atoms with Crippen molar-refractivity contribution >= 4 is 11.9 Å². The van der Waals surface area contributed by atoms with E-state index in [1.54, 1.807) is 6.08 Å². The van der Waals surface area contributed by atoms with Crippen molar-refractivity contribution in [3.63, 3.8) is 0 Å². The molecule has 1 aliphatic rings. The molecule has 80 valence electrons. The summed E-state index contributed by atoms with van der Waals surface area (Å²) in [4.78, 5) is 14.1. The molecule has 0 spiro atoms. The van der Waals surface area contributed by atoms with E-state index in [0.717, 1.165) is 18.7 Å². The first-order chi connectivity index (χ1) is 7.24. The van der Waals surface area contributed by atoms with Crippen LogP contribution in [0.25, 0.3) is 0 Å². The summed E-state index contributed by atoms with van der Waals surface area (Å²) < 4.78 is 2.17. The highest BCUT2D eigenvalue weighted by molar-refractivity contribution is 5.50. The Morgan fingerprint density at radius 3 is 2.80 bits per heavy atom. The second-order valence-corrected chi connectivity index (χ2v) is 4.35. The Balaban J connectivity index is 2.55. The van der Waals surface area contributed by atoms with Gasteiger partial charge in [0, 0.05) is 11.7 Å². The molecule has 3 heteroatoms. The summed E-state index contributed by atoms with van der Waals surface area (Å²) in [6.45, 7) is 4.25. The van der Waals surface area contributed by atoms with Crippen LogP contribution in [0.2, 0.25) is 0 Å². The van der Waals surface area contributed by atoms with Gasteiger partial charge in [0.05, 0.1) is 0 Å². The highest BCUT2D eigenvalue weighted by Crippen LogP contribution is 2.32. The smallest absolute Gasteiger partial charge is 0.242 e. The van der Waals surface area contributed by atoms with Crippen LogP contribution in [0.3, 0.4) is 0 Å². The topological polar surface area (TPSA) is 34.4 Å². The second-order valence-electron chi connectivity index (χ2n) is 4.35. The summed E-state index contributed by atoms with van der Waals surface area (Å²) in [5.74, 6) is 0.770. The van der Waals surface area contributed by atoms with Gasteiger partial charge in [0.15, 0.2) is 0 Å². The fourth-order valence-electron chi connectivity index (χ4n) is 2.42. The van der Waals surface area contributed by atoms with Crippen molar-refractivity contribution in [2.24, 2.45) is 4.99 Å². The van der Waals surface area contributed by atoms with Gasteiger partial charge in [0.25, 0.3) is 0 Å². The van der Waals surface area contributed by atoms with Gasteiger partial charge < -0.3 is 4.57 Å². The van der Waals surface area contributed by atoms with E-state index in [1.807, 2.05) is 6.07 Å². The number of nitrogens with zero attached hydrogens (tertiary/aromatic N) is 2. The molecule has 1 aromatic heterocycles. The molecule has 0 aromatic carbocycles. The number of isocyanates is 1. The van der Waals surface area contributed by atoms with Crippen molar-refractivity contribution < 1.29 is 4.79 Å². The Kier molecular flexibility index (Phi) is 2.74. The van der Waals surface area contributed by atoms with Crippen LogP contribution in [0.15, 0.2) is 11.1 Å². The predicted octanol–water partition coefficient (Wildman–Crippen LogP) is 2.92. The third-order valence-electron chi connectivity index (χ3n) is 3.00. The van der Waals surface area contributed by atoms with Crippen LogP contribution in [0.1, 0.15) is 44.0 Å². The summed E-state index contributed by atoms with van der Waals surface area (Å²) in [6.07, 6.45) is 6.37. The van der Waals surface area contributed by atoms with Crippen LogP contribution in [0, 0.1) is 0 Å². The van der Waals surface area contributed by atoms with Crippen molar-refractivity contribution in [2.45, 2.75) is 45.6 Å².